The van der Waals surface area contributed by atoms with Crippen molar-refractivity contribution in [2.45, 2.75) is 323 Å². The number of alkyl halides is 3. The first kappa shape index (κ1) is 120. The maximum absolute atomic E-state index is 12.9. The first-order valence-corrected chi connectivity index (χ1v) is 48.9. The first-order chi connectivity index (χ1) is 58.9. The van der Waals surface area contributed by atoms with Gasteiger partial charge >= 0.3 is 76.4 Å². The van der Waals surface area contributed by atoms with Crippen LogP contribution in [0.4, 0.5) is 22.8 Å². The second kappa shape index (κ2) is 53.4. The van der Waals surface area contributed by atoms with Crippen molar-refractivity contribution in [2.75, 3.05) is 13.1 Å². The van der Waals surface area contributed by atoms with E-state index in [-0.39, 0.29) is 81.3 Å². The zero-order valence-corrected chi connectivity index (χ0v) is 90.8. The molecule has 1 fully saturated rings. The van der Waals surface area contributed by atoms with Gasteiger partial charge in [-0.15, -0.1) is 45.3 Å². The Kier molecular flexibility index (Phi) is 49.3. The van der Waals surface area contributed by atoms with Gasteiger partial charge in [-0.3, -0.25) is 24.4 Å². The predicted octanol–water partition coefficient (Wildman–Crippen LogP) is 18.1. The molecule has 0 aliphatic carbocycles. The van der Waals surface area contributed by atoms with Crippen LogP contribution < -0.4 is 45.4 Å². The van der Waals surface area contributed by atoms with E-state index in [1.165, 1.54) is 30.4 Å². The molecule has 2 atom stereocenters. The van der Waals surface area contributed by atoms with Gasteiger partial charge in [0.25, 0.3) is 0 Å². The molecule has 4 aromatic heterocycles. The van der Waals surface area contributed by atoms with E-state index in [0.29, 0.717) is 65.8 Å². The molecule has 26 nitrogen and oxygen atoms in total. The third-order valence-electron chi connectivity index (χ3n) is 19.1. The average molecular weight is 2040 g/mol. The number of carboxylic acids is 1. The monoisotopic (exact) mass is 2040 g/mol. The van der Waals surface area contributed by atoms with Gasteiger partial charge < -0.3 is 38.2 Å². The summed E-state index contributed by atoms with van der Waals surface area (Å²) in [5.74, 6) is -2.72. The predicted molar refractivity (Wildman–Crippen MR) is 521 cm³/mol. The number of amides is 2. The quantitative estimate of drug-likeness (QED) is 0.0196. The van der Waals surface area contributed by atoms with E-state index >= 15 is 0 Å². The van der Waals surface area contributed by atoms with Crippen LogP contribution in [-0.4, -0.2) is 194 Å². The summed E-state index contributed by atoms with van der Waals surface area (Å²) in [6, 6.07) is 29.1. The normalized spacial score (nSPS) is 15.5. The van der Waals surface area contributed by atoms with Crippen molar-refractivity contribution in [3.63, 3.8) is 0 Å². The topological polar surface area (TPSA) is 304 Å². The molecule has 2 amide bonds. The Hall–Kier alpha value is -6.07. The van der Waals surface area contributed by atoms with Crippen molar-refractivity contribution in [1.82, 2.24) is 49.8 Å². The fourth-order valence-electron chi connectivity index (χ4n) is 12.8. The zero-order valence-electron chi connectivity index (χ0n) is 81.5. The number of ether oxygens (including phenoxy) is 2. The fourth-order valence-corrected chi connectivity index (χ4v) is 17.6. The molecule has 0 bridgehead atoms. The number of aliphatic carboxylic acids is 1. The number of hydrogen-bond donors (Lipinski definition) is 1. The van der Waals surface area contributed by atoms with Crippen molar-refractivity contribution in [2.24, 2.45) is 11.8 Å². The number of carbonyl (C=O) groups is 6. The van der Waals surface area contributed by atoms with Crippen LogP contribution in [0.15, 0.2) is 99.8 Å². The summed E-state index contributed by atoms with van der Waals surface area (Å²) in [5.41, 5.74) is -0.646. The number of fused-ring (bicyclic) bond motifs is 4. The number of hydrogen-bond acceptors (Lipinski definition) is 28. The van der Waals surface area contributed by atoms with Crippen LogP contribution in [0.3, 0.4) is 0 Å². The van der Waals surface area contributed by atoms with Crippen LogP contribution in [0.1, 0.15) is 258 Å². The number of thiazole rings is 4. The molecule has 1 N–H and O–H groups in total. The van der Waals surface area contributed by atoms with Gasteiger partial charge in [-0.25, -0.2) is 53.8 Å². The Morgan fingerprint density at radius 2 is 0.900 bits per heavy atom. The van der Waals surface area contributed by atoms with Crippen molar-refractivity contribution in [3.8, 4) is 0 Å². The number of rotatable bonds is 19. The number of nitrogens with zero attached hydrogens (tertiary/aromatic N) is 9. The van der Waals surface area contributed by atoms with E-state index < -0.39 is 56.7 Å². The minimum atomic E-state index is -5.84. The second-order valence-corrected chi connectivity index (χ2v) is 44.2. The van der Waals surface area contributed by atoms with Gasteiger partial charge in [0.05, 0.1) is 77.4 Å². The number of benzene rings is 4. The molecule has 11 rings (SSSR count). The average Bonchev–Trinajstić information content (AvgIpc) is 1.61. The molecule has 1 saturated heterocycles. The number of aldehydes is 1. The van der Waals surface area contributed by atoms with Gasteiger partial charge in [-0.2, -0.15) is 21.6 Å². The molecular formula is C91H133B2Br2F3N10NaO16S5. The zero-order chi connectivity index (χ0) is 97.4. The molecule has 3 radical (unpaired) electrons. The van der Waals surface area contributed by atoms with Gasteiger partial charge in [0.1, 0.15) is 26.2 Å². The van der Waals surface area contributed by atoms with E-state index in [9.17, 15) is 45.6 Å². The molecule has 0 unspecified atom stereocenters. The van der Waals surface area contributed by atoms with Crippen LogP contribution in [0.25, 0.3) is 46.6 Å². The molecule has 8 aromatic rings. The Morgan fingerprint density at radius 3 is 1.25 bits per heavy atom. The summed E-state index contributed by atoms with van der Waals surface area (Å²) in [5, 5.41) is 16.2. The third kappa shape index (κ3) is 40.5. The maximum Gasteiger partial charge on any atom is 1.00 e. The van der Waals surface area contributed by atoms with Gasteiger partial charge in [0.2, 0.25) is 5.88 Å². The summed E-state index contributed by atoms with van der Waals surface area (Å²) in [7, 11) is -6.18. The summed E-state index contributed by atoms with van der Waals surface area (Å²) in [4.78, 5) is 100. The van der Waals surface area contributed by atoms with Gasteiger partial charge in [0.15, 0.2) is 11.3 Å². The van der Waals surface area contributed by atoms with Crippen LogP contribution in [0.2, 0.25) is 0 Å². The molecule has 3 aliphatic heterocycles. The maximum atomic E-state index is 12.9. The first-order valence-electron chi connectivity index (χ1n) is 42.6. The minimum Gasteiger partial charge on any atom is -0.550 e. The van der Waals surface area contributed by atoms with Crippen LogP contribution in [0.5, 0.6) is 0 Å². The molecule has 0 spiro atoms. The molecule has 3 aliphatic rings. The van der Waals surface area contributed by atoms with Crippen molar-refractivity contribution >= 4 is 191 Å². The standard InChI is InChI=1S/C25H37N3O2S.C20H31BN2O2S.C14H19BrN2S.C12H18F3NO5S.C8H4BrNOS.C6H15N.C4H6O4.C2H4O2.B.Na/c1-16(2)27(17(3)4)15-23-26-20-13-19(10-12-22(20)31-23)21-11-9-18(5)14-28(21)24(29)30-25(6,7)8;1-13(2)23(14(3)4)12-18-22-16-11-15(9-10-17(16)26-18)21-24-19(5,6)20(7,8)25-21;1-9(2)17(10(3)4)8-14-16-12-7-11(15)5-6-13(12)18-14;1-8-5-6-9(21-22(18,19)12(13,14)15)16(7-8)10(17)20-11(2,3)4;9-5-1-2-7-6(3-5)10-8(4-11)12-7;1-5(2)7-6(3)4;1-3(5)7-8-4(2)6;1-2(3)4;;/h10-13,16-18H,9,14-15H2,1-8H3;9-11,13-14H,12H2,1-8H3;5-7,9-10H,8H2,1-4H3;6,8H,5,7H2,1-4H3;1-4H;5-7H,1-4H3;1-2H3;1H3,(H,3,4);;/q;;;;;;;;;+1/p-1/t18-;;;8-;;;;;;/m0..0....../s1. The molecule has 130 heavy (non-hydrogen) atoms. The molecule has 7 heterocycles. The largest absolute Gasteiger partial charge is 1.00 e. The molecule has 715 valence electrons. The van der Waals surface area contributed by atoms with Crippen LogP contribution >= 0.6 is 77.2 Å². The van der Waals surface area contributed by atoms with Crippen LogP contribution in [0, 0.1) is 11.8 Å². The molecular weight excluding hydrogens is 1910 g/mol. The van der Waals surface area contributed by atoms with E-state index in [1.54, 1.807) is 66.6 Å². The number of nitrogens with one attached hydrogen (secondary N) is 1. The summed E-state index contributed by atoms with van der Waals surface area (Å²) < 4.78 is 93.3. The fraction of sp³-hybridized carbons (Fsp3) is 0.582. The number of aromatic nitrogens is 4. The minimum absolute atomic E-state index is 0. The number of halogens is 5. The third-order valence-corrected chi connectivity index (χ3v) is 25.1. The van der Waals surface area contributed by atoms with Crippen LogP contribution in [-0.2, 0) is 76.9 Å². The van der Waals surface area contributed by atoms with Gasteiger partial charge in [-0.05, 0) is 256 Å². The van der Waals surface area contributed by atoms with Gasteiger partial charge in [-0.1, -0.05) is 91.6 Å². The Labute approximate surface area is 825 Å². The number of allylic oxidation sites excluding steroid dienone is 2. The molecule has 4 aromatic carbocycles. The van der Waals surface area contributed by atoms with E-state index in [4.69, 9.17) is 43.6 Å². The number of carboxylic acid groups (broad SMARTS) is 1. The van der Waals surface area contributed by atoms with Crippen molar-refractivity contribution in [3.05, 3.63) is 125 Å². The SMILES string of the molecule is CC(=O)OOC(C)=O.CC(=O)[O-].CC(C)N(Cc1nc2cc(B3OC(C)(C)C(C)(C)O3)ccc2s1)C(C)C.CC(C)N(Cc1nc2cc(Br)ccc2s1)C(C)C.CC(C)N(Cc1nc2cc(C3=CC[C@H](C)CN3C(=O)OC(C)(C)C)ccc2s1)C(C)C.CC(C)NC(C)C.C[C@H]1CC=C(OS(=O)(=O)C(F)(F)F)N(C(=O)OC(C)(C)C)C1.O=Cc1nc2cc(Br)ccc2s1.[B].[Na+]. The second-order valence-electron chi connectivity index (χ2n) is 36.4. The van der Waals surface area contributed by atoms with Crippen molar-refractivity contribution < 1.29 is 118 Å². The Bertz CT molecular complexity index is 5090. The Morgan fingerprint density at radius 1 is 0.562 bits per heavy atom. The van der Waals surface area contributed by atoms with Crippen molar-refractivity contribution in [1.29, 1.82) is 0 Å². The summed E-state index contributed by atoms with van der Waals surface area (Å²) >= 11 is 13.6. The van der Waals surface area contributed by atoms with Gasteiger partial charge in [0, 0.05) is 104 Å². The smallest absolute Gasteiger partial charge is 0.550 e. The number of carbonyl (C=O) groups excluding carboxylic acids is 6. The summed E-state index contributed by atoms with van der Waals surface area (Å²) in [6.45, 7) is 64.7. The molecule has 0 saturated carbocycles. The molecule has 39 heteroatoms. The van der Waals surface area contributed by atoms with E-state index in [2.05, 4.69) is 277 Å². The Balaban J connectivity index is 0.000000531. The van der Waals surface area contributed by atoms with E-state index in [0.717, 1.165) is 127 Å². The summed E-state index contributed by atoms with van der Waals surface area (Å²) in [6.07, 6.45) is 4.04. The van der Waals surface area contributed by atoms with E-state index in [1.807, 2.05) is 39.0 Å².